The molecular formula is C20H21NO5. The lowest BCUT2D eigenvalue weighted by atomic mass is 10.0. The van der Waals surface area contributed by atoms with E-state index < -0.39 is 6.09 Å². The van der Waals surface area contributed by atoms with E-state index in [-0.39, 0.29) is 25.0 Å². The Morgan fingerprint density at radius 2 is 1.92 bits per heavy atom. The van der Waals surface area contributed by atoms with Gasteiger partial charge in [-0.1, -0.05) is 36.4 Å². The third-order valence-electron chi connectivity index (χ3n) is 4.38. The molecule has 1 saturated heterocycles. The van der Waals surface area contributed by atoms with E-state index in [2.05, 4.69) is 0 Å². The number of hydrogen-bond acceptors (Lipinski definition) is 5. The standard InChI is InChI=1S/C20H21NO5/c1-24-17-9-8-15(18(12-17)25-2)11-19(22)21-16(13-26-20(21)23)10-14-6-4-3-5-7-14/h3-9,12,16H,10-11,13H2,1-2H3/t16-/m1/s1. The summed E-state index contributed by atoms with van der Waals surface area (Å²) in [6.45, 7) is 0.208. The minimum Gasteiger partial charge on any atom is -0.497 e. The normalized spacial score (nSPS) is 16.3. The van der Waals surface area contributed by atoms with Crippen molar-refractivity contribution in [1.82, 2.24) is 4.90 Å². The summed E-state index contributed by atoms with van der Waals surface area (Å²) in [6.07, 6.45) is 0.0226. The highest BCUT2D eigenvalue weighted by molar-refractivity contribution is 5.94. The van der Waals surface area contributed by atoms with Gasteiger partial charge in [0.2, 0.25) is 5.91 Å². The summed E-state index contributed by atoms with van der Waals surface area (Å²) < 4.78 is 15.6. The number of benzene rings is 2. The van der Waals surface area contributed by atoms with Crippen molar-refractivity contribution in [2.24, 2.45) is 0 Å². The Balaban J connectivity index is 1.76. The van der Waals surface area contributed by atoms with E-state index in [4.69, 9.17) is 14.2 Å². The summed E-state index contributed by atoms with van der Waals surface area (Å²) in [5.41, 5.74) is 1.74. The van der Waals surface area contributed by atoms with Crippen LogP contribution in [0.15, 0.2) is 48.5 Å². The third-order valence-corrected chi connectivity index (χ3v) is 4.38. The number of ether oxygens (including phenoxy) is 3. The molecule has 0 aromatic heterocycles. The molecule has 6 heteroatoms. The molecule has 1 atom stereocenters. The molecule has 2 aromatic rings. The number of nitrogens with zero attached hydrogens (tertiary/aromatic N) is 1. The minimum absolute atomic E-state index is 0.0492. The molecule has 1 aliphatic rings. The maximum absolute atomic E-state index is 12.8. The lowest BCUT2D eigenvalue weighted by Crippen LogP contribution is -2.41. The van der Waals surface area contributed by atoms with Crippen LogP contribution in [0.25, 0.3) is 0 Å². The second kappa shape index (κ2) is 7.91. The first kappa shape index (κ1) is 17.8. The average Bonchev–Trinajstić information content (AvgIpc) is 3.03. The van der Waals surface area contributed by atoms with Crippen molar-refractivity contribution in [2.45, 2.75) is 18.9 Å². The van der Waals surface area contributed by atoms with Gasteiger partial charge in [-0.25, -0.2) is 9.69 Å². The van der Waals surface area contributed by atoms with Crippen LogP contribution >= 0.6 is 0 Å². The number of cyclic esters (lactones) is 1. The number of carbonyl (C=O) groups is 2. The largest absolute Gasteiger partial charge is 0.497 e. The van der Waals surface area contributed by atoms with Crippen LogP contribution in [0.2, 0.25) is 0 Å². The molecule has 1 heterocycles. The van der Waals surface area contributed by atoms with Gasteiger partial charge in [0.25, 0.3) is 0 Å². The molecule has 2 amide bonds. The van der Waals surface area contributed by atoms with Crippen LogP contribution in [0.1, 0.15) is 11.1 Å². The summed E-state index contributed by atoms with van der Waals surface area (Å²) in [5, 5.41) is 0. The quantitative estimate of drug-likeness (QED) is 0.797. The summed E-state index contributed by atoms with van der Waals surface area (Å²) in [6, 6.07) is 14.7. The minimum atomic E-state index is -0.594. The maximum atomic E-state index is 12.8. The van der Waals surface area contributed by atoms with Gasteiger partial charge >= 0.3 is 6.09 Å². The van der Waals surface area contributed by atoms with Gasteiger partial charge in [-0.15, -0.1) is 0 Å². The molecule has 6 nitrogen and oxygen atoms in total. The molecule has 0 radical (unpaired) electrons. The lowest BCUT2D eigenvalue weighted by Gasteiger charge is -2.20. The molecule has 2 aromatic carbocycles. The summed E-state index contributed by atoms with van der Waals surface area (Å²) in [4.78, 5) is 26.1. The van der Waals surface area contributed by atoms with Gasteiger partial charge < -0.3 is 14.2 Å². The number of amides is 2. The van der Waals surface area contributed by atoms with E-state index in [9.17, 15) is 9.59 Å². The first-order chi connectivity index (χ1) is 12.6. The maximum Gasteiger partial charge on any atom is 0.416 e. The van der Waals surface area contributed by atoms with Gasteiger partial charge in [0.05, 0.1) is 26.7 Å². The zero-order valence-corrected chi connectivity index (χ0v) is 14.8. The summed E-state index contributed by atoms with van der Waals surface area (Å²) in [5.74, 6) is 0.877. The zero-order chi connectivity index (χ0) is 18.5. The Bertz CT molecular complexity index is 790. The second-order valence-electron chi connectivity index (χ2n) is 6.04. The van der Waals surface area contributed by atoms with Crippen LogP contribution in [-0.4, -0.2) is 43.8 Å². The first-order valence-corrected chi connectivity index (χ1v) is 8.36. The van der Waals surface area contributed by atoms with Crippen LogP contribution in [0.4, 0.5) is 4.79 Å². The fourth-order valence-corrected chi connectivity index (χ4v) is 3.05. The molecule has 0 N–H and O–H groups in total. The predicted octanol–water partition coefficient (Wildman–Crippen LogP) is 2.84. The van der Waals surface area contributed by atoms with Crippen LogP contribution in [0.3, 0.4) is 0 Å². The van der Waals surface area contributed by atoms with Gasteiger partial charge in [-0.05, 0) is 18.1 Å². The number of rotatable bonds is 6. The van der Waals surface area contributed by atoms with Crippen molar-refractivity contribution in [2.75, 3.05) is 20.8 Å². The number of carbonyl (C=O) groups excluding carboxylic acids is 2. The smallest absolute Gasteiger partial charge is 0.416 e. The highest BCUT2D eigenvalue weighted by atomic mass is 16.6. The van der Waals surface area contributed by atoms with Gasteiger partial charge in [-0.2, -0.15) is 0 Å². The Labute approximate surface area is 152 Å². The third kappa shape index (κ3) is 3.79. The van der Waals surface area contributed by atoms with Crippen molar-refractivity contribution < 1.29 is 23.8 Å². The fraction of sp³-hybridized carbons (Fsp3) is 0.300. The SMILES string of the molecule is COc1ccc(CC(=O)N2C(=O)OC[C@H]2Cc2ccccc2)c(OC)c1. The molecule has 26 heavy (non-hydrogen) atoms. The Morgan fingerprint density at radius 1 is 1.15 bits per heavy atom. The Morgan fingerprint density at radius 3 is 2.62 bits per heavy atom. The van der Waals surface area contributed by atoms with Crippen molar-refractivity contribution in [3.8, 4) is 11.5 Å². The molecular weight excluding hydrogens is 334 g/mol. The summed E-state index contributed by atoms with van der Waals surface area (Å²) in [7, 11) is 3.10. The zero-order valence-electron chi connectivity index (χ0n) is 14.8. The molecule has 3 rings (SSSR count). The van der Waals surface area contributed by atoms with E-state index in [1.165, 1.54) is 12.0 Å². The van der Waals surface area contributed by atoms with Crippen LogP contribution in [0.5, 0.6) is 11.5 Å². The number of methoxy groups -OCH3 is 2. The molecule has 0 aliphatic carbocycles. The van der Waals surface area contributed by atoms with E-state index in [1.54, 1.807) is 25.3 Å². The van der Waals surface area contributed by atoms with Crippen LogP contribution in [-0.2, 0) is 22.4 Å². The van der Waals surface area contributed by atoms with Gasteiger partial charge in [0.15, 0.2) is 0 Å². The molecule has 0 saturated carbocycles. The molecule has 0 spiro atoms. The van der Waals surface area contributed by atoms with E-state index in [0.717, 1.165) is 5.56 Å². The first-order valence-electron chi connectivity index (χ1n) is 8.36. The molecule has 1 fully saturated rings. The van der Waals surface area contributed by atoms with Crippen molar-refractivity contribution in [3.05, 3.63) is 59.7 Å². The van der Waals surface area contributed by atoms with Crippen molar-refractivity contribution >= 4 is 12.0 Å². The lowest BCUT2D eigenvalue weighted by molar-refractivity contribution is -0.128. The van der Waals surface area contributed by atoms with Crippen LogP contribution < -0.4 is 9.47 Å². The molecule has 136 valence electrons. The Hall–Kier alpha value is -3.02. The average molecular weight is 355 g/mol. The monoisotopic (exact) mass is 355 g/mol. The highest BCUT2D eigenvalue weighted by Gasteiger charge is 2.37. The van der Waals surface area contributed by atoms with Crippen LogP contribution in [0, 0.1) is 0 Å². The van der Waals surface area contributed by atoms with Crippen molar-refractivity contribution in [1.29, 1.82) is 0 Å². The Kier molecular flexibility index (Phi) is 5.41. The van der Waals surface area contributed by atoms with E-state index in [0.29, 0.717) is 23.5 Å². The number of hydrogen-bond donors (Lipinski definition) is 0. The van der Waals surface area contributed by atoms with Gasteiger partial charge in [0, 0.05) is 11.6 Å². The molecule has 1 aliphatic heterocycles. The summed E-state index contributed by atoms with van der Waals surface area (Å²) >= 11 is 0. The highest BCUT2D eigenvalue weighted by Crippen LogP contribution is 2.26. The molecule has 0 unspecified atom stereocenters. The van der Waals surface area contributed by atoms with Gasteiger partial charge in [-0.3, -0.25) is 4.79 Å². The fourth-order valence-electron chi connectivity index (χ4n) is 3.05. The second-order valence-corrected chi connectivity index (χ2v) is 6.04. The number of imide groups is 1. The van der Waals surface area contributed by atoms with E-state index >= 15 is 0 Å². The van der Waals surface area contributed by atoms with Crippen molar-refractivity contribution in [3.63, 3.8) is 0 Å². The predicted molar refractivity (Wildman–Crippen MR) is 95.4 cm³/mol. The van der Waals surface area contributed by atoms with Gasteiger partial charge in [0.1, 0.15) is 18.1 Å². The topological polar surface area (TPSA) is 65.1 Å². The van der Waals surface area contributed by atoms with E-state index in [1.807, 2.05) is 30.3 Å². The molecule has 0 bridgehead atoms.